The first kappa shape index (κ1) is 25.0. The number of ether oxygens (including phenoxy) is 1. The summed E-state index contributed by atoms with van der Waals surface area (Å²) in [6.45, 7) is 3.99. The molecular weight excluding hydrogens is 506 g/mol. The van der Waals surface area contributed by atoms with Crippen LogP contribution < -0.4 is 20.9 Å². The molecule has 2 N–H and O–H groups in total. The zero-order valence-electron chi connectivity index (χ0n) is 21.1. The second kappa shape index (κ2) is 9.36. The molecule has 3 aromatic heterocycles. The molecule has 1 aliphatic rings. The summed E-state index contributed by atoms with van der Waals surface area (Å²) in [5.41, 5.74) is 9.13. The molecule has 1 unspecified atom stereocenters. The molecular formula is C27H24ClN7O3. The lowest BCUT2D eigenvalue weighted by Crippen LogP contribution is -2.35. The molecule has 1 aliphatic heterocycles. The van der Waals surface area contributed by atoms with Crippen LogP contribution in [-0.2, 0) is 7.05 Å². The summed E-state index contributed by atoms with van der Waals surface area (Å²) in [5.74, 6) is -0.0153. The number of nitriles is 1. The monoisotopic (exact) mass is 529 g/mol. The van der Waals surface area contributed by atoms with Crippen molar-refractivity contribution in [2.75, 3.05) is 17.7 Å². The van der Waals surface area contributed by atoms with E-state index in [1.54, 1.807) is 43.6 Å². The van der Waals surface area contributed by atoms with Crippen molar-refractivity contribution in [1.82, 2.24) is 19.1 Å². The first-order valence-electron chi connectivity index (χ1n) is 11.8. The van der Waals surface area contributed by atoms with Gasteiger partial charge in [0, 0.05) is 25.5 Å². The van der Waals surface area contributed by atoms with Crippen molar-refractivity contribution < 1.29 is 9.53 Å². The van der Waals surface area contributed by atoms with Gasteiger partial charge in [0.05, 0.1) is 46.3 Å². The highest BCUT2D eigenvalue weighted by molar-refractivity contribution is 6.30. The molecule has 4 aromatic rings. The van der Waals surface area contributed by atoms with Crippen LogP contribution in [0, 0.1) is 11.3 Å². The fourth-order valence-electron chi connectivity index (χ4n) is 4.96. The number of aromatic nitrogens is 4. The number of rotatable bonds is 5. The third-order valence-corrected chi connectivity index (χ3v) is 6.75. The molecule has 1 amide bonds. The van der Waals surface area contributed by atoms with Crippen LogP contribution in [0.2, 0.25) is 5.02 Å². The van der Waals surface area contributed by atoms with E-state index in [-0.39, 0.29) is 35.0 Å². The number of carbonyl (C=O) groups is 1. The van der Waals surface area contributed by atoms with E-state index < -0.39 is 6.04 Å². The number of aryl methyl sites for hydroxylation is 1. The fraction of sp³-hybridized carbons (Fsp3) is 0.222. The van der Waals surface area contributed by atoms with Gasteiger partial charge in [-0.25, -0.2) is 4.98 Å². The number of anilines is 2. The van der Waals surface area contributed by atoms with Crippen molar-refractivity contribution in [2.45, 2.75) is 25.9 Å². The Balaban J connectivity index is 1.82. The minimum absolute atomic E-state index is 0.0651. The molecule has 0 bridgehead atoms. The van der Waals surface area contributed by atoms with Gasteiger partial charge in [-0.15, -0.1) is 0 Å². The van der Waals surface area contributed by atoms with Gasteiger partial charge in [0.2, 0.25) is 11.8 Å². The average Bonchev–Trinajstić information content (AvgIpc) is 3.41. The van der Waals surface area contributed by atoms with E-state index in [1.165, 1.54) is 28.8 Å². The summed E-state index contributed by atoms with van der Waals surface area (Å²) >= 11 is 6.32. The zero-order valence-corrected chi connectivity index (χ0v) is 21.9. The predicted molar refractivity (Wildman–Crippen MR) is 143 cm³/mol. The van der Waals surface area contributed by atoms with Crippen molar-refractivity contribution in [3.05, 3.63) is 86.6 Å². The normalized spacial score (nSPS) is 14.6. The number of pyridine rings is 1. The Hall–Kier alpha value is -4.62. The lowest BCUT2D eigenvalue weighted by molar-refractivity contribution is 0.0993. The SMILES string of the molecule is COc1nc(N)ncc1-c1cc2c(n1C(C)C)C(c1ccc(C#N)cc1)N(c1cc(Cl)cn(C)c1=O)C2=O. The molecule has 192 valence electrons. The topological polar surface area (TPSA) is 132 Å². The standard InChI is InChI=1S/C27H24ClN7O3/c1-14(2)34-20(19-12-31-27(30)32-24(19)38-4)10-18-23(34)22(16-7-5-15(11-29)6-8-16)35(25(18)36)21-9-17(28)13-33(3)26(21)37/h5-10,12-14,22H,1-4H3,(H2,30,31,32). The summed E-state index contributed by atoms with van der Waals surface area (Å²) in [5, 5.41) is 9.65. The molecule has 1 aromatic carbocycles. The number of hydrogen-bond acceptors (Lipinski definition) is 7. The van der Waals surface area contributed by atoms with E-state index in [9.17, 15) is 14.9 Å². The lowest BCUT2D eigenvalue weighted by atomic mass is 10.0. The molecule has 0 aliphatic carbocycles. The number of fused-ring (bicyclic) bond motifs is 1. The van der Waals surface area contributed by atoms with Crippen molar-refractivity contribution >= 4 is 29.1 Å². The van der Waals surface area contributed by atoms with Crippen LogP contribution in [0.4, 0.5) is 11.6 Å². The summed E-state index contributed by atoms with van der Waals surface area (Å²) in [7, 11) is 3.07. The summed E-state index contributed by atoms with van der Waals surface area (Å²) < 4.78 is 8.85. The smallest absolute Gasteiger partial charge is 0.274 e. The Morgan fingerprint density at radius 1 is 1.16 bits per heavy atom. The van der Waals surface area contributed by atoms with Crippen LogP contribution in [0.5, 0.6) is 5.88 Å². The molecule has 0 spiro atoms. The first-order valence-corrected chi connectivity index (χ1v) is 12.2. The second-order valence-corrected chi connectivity index (χ2v) is 9.65. The Bertz CT molecular complexity index is 1680. The van der Waals surface area contributed by atoms with Gasteiger partial charge in [-0.2, -0.15) is 10.2 Å². The minimum Gasteiger partial charge on any atom is -0.480 e. The number of hydrogen-bond donors (Lipinski definition) is 1. The fourth-order valence-corrected chi connectivity index (χ4v) is 5.21. The van der Waals surface area contributed by atoms with Crippen LogP contribution in [-0.4, -0.2) is 32.1 Å². The van der Waals surface area contributed by atoms with E-state index in [4.69, 9.17) is 22.1 Å². The third-order valence-electron chi connectivity index (χ3n) is 6.55. The minimum atomic E-state index is -0.673. The molecule has 0 fully saturated rings. The Kier molecular flexibility index (Phi) is 6.17. The molecule has 5 rings (SSSR count). The highest BCUT2D eigenvalue weighted by Gasteiger charge is 2.44. The maximum Gasteiger partial charge on any atom is 0.274 e. The number of benzene rings is 1. The number of amides is 1. The van der Waals surface area contributed by atoms with Crippen molar-refractivity contribution in [3.63, 3.8) is 0 Å². The van der Waals surface area contributed by atoms with Crippen molar-refractivity contribution in [3.8, 4) is 23.2 Å². The van der Waals surface area contributed by atoms with Crippen LogP contribution >= 0.6 is 11.6 Å². The van der Waals surface area contributed by atoms with Crippen molar-refractivity contribution in [2.24, 2.45) is 7.05 Å². The van der Waals surface area contributed by atoms with E-state index in [1.807, 2.05) is 18.4 Å². The molecule has 0 saturated carbocycles. The third kappa shape index (κ3) is 3.88. The average molecular weight is 530 g/mol. The number of nitrogens with zero attached hydrogens (tertiary/aromatic N) is 6. The molecule has 38 heavy (non-hydrogen) atoms. The summed E-state index contributed by atoms with van der Waals surface area (Å²) in [6, 6.07) is 11.6. The van der Waals surface area contributed by atoms with Crippen LogP contribution in [0.1, 0.15) is 53.1 Å². The predicted octanol–water partition coefficient (Wildman–Crippen LogP) is 4.09. The number of carbonyl (C=O) groups excluding carboxylic acids is 1. The number of nitrogens with two attached hydrogens (primary N) is 1. The molecule has 0 radical (unpaired) electrons. The first-order chi connectivity index (χ1) is 18.2. The van der Waals surface area contributed by atoms with Gasteiger partial charge in [-0.3, -0.25) is 14.5 Å². The summed E-state index contributed by atoms with van der Waals surface area (Å²) in [6.07, 6.45) is 3.06. The van der Waals surface area contributed by atoms with Gasteiger partial charge in [0.25, 0.3) is 11.5 Å². The number of nitrogen functional groups attached to an aromatic ring is 1. The quantitative estimate of drug-likeness (QED) is 0.411. The van der Waals surface area contributed by atoms with Crippen LogP contribution in [0.25, 0.3) is 11.3 Å². The number of methoxy groups -OCH3 is 1. The van der Waals surface area contributed by atoms with Gasteiger partial charge in [-0.1, -0.05) is 23.7 Å². The maximum absolute atomic E-state index is 14.1. The van der Waals surface area contributed by atoms with Crippen LogP contribution in [0.3, 0.4) is 0 Å². The molecule has 1 atom stereocenters. The van der Waals surface area contributed by atoms with Gasteiger partial charge in [-0.05, 0) is 43.7 Å². The second-order valence-electron chi connectivity index (χ2n) is 9.21. The maximum atomic E-state index is 14.1. The Morgan fingerprint density at radius 3 is 2.50 bits per heavy atom. The van der Waals surface area contributed by atoms with Gasteiger partial charge < -0.3 is 19.6 Å². The van der Waals surface area contributed by atoms with Crippen molar-refractivity contribution in [1.29, 1.82) is 5.26 Å². The highest BCUT2D eigenvalue weighted by Crippen LogP contribution is 2.46. The van der Waals surface area contributed by atoms with Gasteiger partial charge >= 0.3 is 0 Å². The zero-order chi connectivity index (χ0) is 27.3. The summed E-state index contributed by atoms with van der Waals surface area (Å²) in [4.78, 5) is 37.2. The molecule has 4 heterocycles. The van der Waals surface area contributed by atoms with E-state index in [0.29, 0.717) is 33.1 Å². The molecule has 0 saturated heterocycles. The molecule has 10 nitrogen and oxygen atoms in total. The van der Waals surface area contributed by atoms with E-state index in [0.717, 1.165) is 5.56 Å². The lowest BCUT2D eigenvalue weighted by Gasteiger charge is -2.29. The van der Waals surface area contributed by atoms with E-state index in [2.05, 4.69) is 16.0 Å². The van der Waals surface area contributed by atoms with E-state index >= 15 is 0 Å². The van der Waals surface area contributed by atoms with Crippen LogP contribution in [0.15, 0.2) is 53.6 Å². The van der Waals surface area contributed by atoms with Gasteiger partial charge in [0.15, 0.2) is 0 Å². The molecule has 11 heteroatoms. The number of halogens is 1. The Morgan fingerprint density at radius 2 is 1.87 bits per heavy atom. The Labute approximate surface area is 223 Å². The largest absolute Gasteiger partial charge is 0.480 e. The van der Waals surface area contributed by atoms with Gasteiger partial charge in [0.1, 0.15) is 11.7 Å². The highest BCUT2D eigenvalue weighted by atomic mass is 35.5.